The van der Waals surface area contributed by atoms with Crippen molar-refractivity contribution in [2.75, 3.05) is 6.61 Å². The number of aliphatic hydroxyl groups excluding tert-OH is 1. The first-order valence-electron chi connectivity index (χ1n) is 7.07. The van der Waals surface area contributed by atoms with Crippen LogP contribution in [0.25, 0.3) is 0 Å². The van der Waals surface area contributed by atoms with Gasteiger partial charge in [0.2, 0.25) is 0 Å². The summed E-state index contributed by atoms with van der Waals surface area (Å²) in [4.78, 5) is 4.17. The third kappa shape index (κ3) is 4.19. The summed E-state index contributed by atoms with van der Waals surface area (Å²) in [5.41, 5.74) is 0.689. The summed E-state index contributed by atoms with van der Waals surface area (Å²) in [6, 6.07) is 5.36. The van der Waals surface area contributed by atoms with Gasteiger partial charge in [0.25, 0.3) is 5.89 Å². The van der Waals surface area contributed by atoms with E-state index >= 15 is 0 Å². The van der Waals surface area contributed by atoms with Crippen LogP contribution in [0.5, 0.6) is 11.5 Å². The van der Waals surface area contributed by atoms with E-state index in [1.54, 1.807) is 12.1 Å². The van der Waals surface area contributed by atoms with E-state index in [1.807, 2.05) is 19.9 Å². The number of benzene rings is 1. The van der Waals surface area contributed by atoms with Gasteiger partial charge in [-0.15, -0.1) is 0 Å². The smallest absolute Gasteiger partial charge is 0.264 e. The maximum absolute atomic E-state index is 9.35. The zero-order valence-electron chi connectivity index (χ0n) is 12.3. The molecular weight excluding hydrogens is 272 g/mol. The van der Waals surface area contributed by atoms with Gasteiger partial charge in [0.15, 0.2) is 12.4 Å². The van der Waals surface area contributed by atoms with Gasteiger partial charge in [-0.05, 0) is 18.6 Å². The third-order valence-corrected chi connectivity index (χ3v) is 2.86. The molecule has 1 heterocycles. The Hall–Kier alpha value is -2.08. The first-order chi connectivity index (χ1) is 10.3. The van der Waals surface area contributed by atoms with Crippen molar-refractivity contribution in [2.24, 2.45) is 0 Å². The molecule has 0 amide bonds. The SMILES string of the molecule is CCCOc1ccc(CO)c(OCc2nc(CC)no2)c1. The van der Waals surface area contributed by atoms with Crippen LogP contribution in [0.4, 0.5) is 0 Å². The van der Waals surface area contributed by atoms with Gasteiger partial charge in [0.1, 0.15) is 11.5 Å². The number of aromatic nitrogens is 2. The lowest BCUT2D eigenvalue weighted by atomic mass is 10.2. The fourth-order valence-electron chi connectivity index (χ4n) is 1.74. The normalized spacial score (nSPS) is 10.6. The lowest BCUT2D eigenvalue weighted by Gasteiger charge is -2.11. The molecule has 6 heteroatoms. The van der Waals surface area contributed by atoms with Gasteiger partial charge in [0, 0.05) is 18.1 Å². The third-order valence-electron chi connectivity index (χ3n) is 2.86. The van der Waals surface area contributed by atoms with Crippen molar-refractivity contribution >= 4 is 0 Å². The van der Waals surface area contributed by atoms with Crippen LogP contribution in [0.2, 0.25) is 0 Å². The minimum atomic E-state index is -0.104. The maximum atomic E-state index is 9.35. The molecule has 0 unspecified atom stereocenters. The van der Waals surface area contributed by atoms with Crippen LogP contribution in [0, 0.1) is 0 Å². The average Bonchev–Trinajstić information content (AvgIpc) is 2.99. The highest BCUT2D eigenvalue weighted by Crippen LogP contribution is 2.26. The molecule has 0 aliphatic heterocycles. The highest BCUT2D eigenvalue weighted by Gasteiger charge is 2.09. The highest BCUT2D eigenvalue weighted by atomic mass is 16.5. The van der Waals surface area contributed by atoms with Crippen molar-refractivity contribution in [1.82, 2.24) is 10.1 Å². The Labute approximate surface area is 123 Å². The van der Waals surface area contributed by atoms with E-state index in [0.29, 0.717) is 41.8 Å². The van der Waals surface area contributed by atoms with Crippen LogP contribution in [-0.4, -0.2) is 21.9 Å². The molecule has 0 aliphatic rings. The minimum Gasteiger partial charge on any atom is -0.493 e. The summed E-state index contributed by atoms with van der Waals surface area (Å²) in [5.74, 6) is 2.33. The molecule has 0 saturated heterocycles. The number of hydrogen-bond donors (Lipinski definition) is 1. The lowest BCUT2D eigenvalue weighted by Crippen LogP contribution is -2.01. The van der Waals surface area contributed by atoms with Crippen LogP contribution >= 0.6 is 0 Å². The van der Waals surface area contributed by atoms with Gasteiger partial charge in [-0.1, -0.05) is 19.0 Å². The predicted octanol–water partition coefficient (Wildman–Crippen LogP) is 2.49. The van der Waals surface area contributed by atoms with Gasteiger partial charge in [-0.2, -0.15) is 4.98 Å². The van der Waals surface area contributed by atoms with Crippen LogP contribution in [0.15, 0.2) is 22.7 Å². The Bertz CT molecular complexity index is 569. The molecule has 0 spiro atoms. The van der Waals surface area contributed by atoms with E-state index in [2.05, 4.69) is 10.1 Å². The quantitative estimate of drug-likeness (QED) is 0.805. The Morgan fingerprint density at radius 1 is 1.24 bits per heavy atom. The van der Waals surface area contributed by atoms with Crippen molar-refractivity contribution in [3.8, 4) is 11.5 Å². The van der Waals surface area contributed by atoms with Gasteiger partial charge in [0.05, 0.1) is 13.2 Å². The van der Waals surface area contributed by atoms with E-state index in [-0.39, 0.29) is 13.2 Å². The molecular formula is C15H20N2O4. The van der Waals surface area contributed by atoms with Crippen molar-refractivity contribution in [3.63, 3.8) is 0 Å². The van der Waals surface area contributed by atoms with Gasteiger partial charge in [-0.25, -0.2) is 0 Å². The molecule has 0 fully saturated rings. The monoisotopic (exact) mass is 292 g/mol. The fourth-order valence-corrected chi connectivity index (χ4v) is 1.74. The second-order valence-electron chi connectivity index (χ2n) is 4.52. The molecule has 1 aromatic heterocycles. The Kier molecular flexibility index (Phi) is 5.57. The molecule has 21 heavy (non-hydrogen) atoms. The lowest BCUT2D eigenvalue weighted by molar-refractivity contribution is 0.227. The molecule has 2 rings (SSSR count). The zero-order chi connectivity index (χ0) is 15.1. The fraction of sp³-hybridized carbons (Fsp3) is 0.467. The van der Waals surface area contributed by atoms with E-state index in [1.165, 1.54) is 0 Å². The number of rotatable bonds is 8. The first-order valence-corrected chi connectivity index (χ1v) is 7.07. The topological polar surface area (TPSA) is 77.6 Å². The van der Waals surface area contributed by atoms with Crippen molar-refractivity contribution in [3.05, 3.63) is 35.5 Å². The molecule has 114 valence electrons. The average molecular weight is 292 g/mol. The van der Waals surface area contributed by atoms with Crippen LogP contribution in [0.1, 0.15) is 37.5 Å². The number of aliphatic hydroxyl groups is 1. The predicted molar refractivity (Wildman–Crippen MR) is 76.2 cm³/mol. The highest BCUT2D eigenvalue weighted by molar-refractivity contribution is 5.40. The second-order valence-corrected chi connectivity index (χ2v) is 4.52. The van der Waals surface area contributed by atoms with Crippen molar-refractivity contribution in [1.29, 1.82) is 0 Å². The summed E-state index contributed by atoms with van der Waals surface area (Å²) in [5, 5.41) is 13.2. The van der Waals surface area contributed by atoms with Gasteiger partial charge < -0.3 is 19.1 Å². The molecule has 0 saturated carbocycles. The molecule has 1 aromatic carbocycles. The zero-order valence-corrected chi connectivity index (χ0v) is 12.3. The van der Waals surface area contributed by atoms with E-state index in [4.69, 9.17) is 14.0 Å². The summed E-state index contributed by atoms with van der Waals surface area (Å²) < 4.78 is 16.3. The summed E-state index contributed by atoms with van der Waals surface area (Å²) in [6.07, 6.45) is 1.64. The molecule has 1 N–H and O–H groups in total. The molecule has 2 aromatic rings. The van der Waals surface area contributed by atoms with Crippen molar-refractivity contribution < 1.29 is 19.1 Å². The molecule has 6 nitrogen and oxygen atoms in total. The number of hydrogen-bond acceptors (Lipinski definition) is 6. The largest absolute Gasteiger partial charge is 0.493 e. The second kappa shape index (κ2) is 7.64. The standard InChI is InChI=1S/C15H20N2O4/c1-3-7-19-12-6-5-11(9-18)13(8-12)20-10-15-16-14(4-2)17-21-15/h5-6,8,18H,3-4,7,9-10H2,1-2H3. The molecule has 0 aliphatic carbocycles. The van der Waals surface area contributed by atoms with E-state index < -0.39 is 0 Å². The molecule has 0 atom stereocenters. The Morgan fingerprint density at radius 2 is 2.10 bits per heavy atom. The number of ether oxygens (including phenoxy) is 2. The molecule has 0 bridgehead atoms. The van der Waals surface area contributed by atoms with Crippen LogP contribution in [-0.2, 0) is 19.6 Å². The number of nitrogens with zero attached hydrogens (tertiary/aromatic N) is 2. The Balaban J connectivity index is 2.05. The summed E-state index contributed by atoms with van der Waals surface area (Å²) in [7, 11) is 0. The number of aryl methyl sites for hydroxylation is 1. The van der Waals surface area contributed by atoms with Crippen LogP contribution in [0.3, 0.4) is 0 Å². The van der Waals surface area contributed by atoms with E-state index in [9.17, 15) is 5.11 Å². The van der Waals surface area contributed by atoms with Crippen LogP contribution < -0.4 is 9.47 Å². The minimum absolute atomic E-state index is 0.104. The summed E-state index contributed by atoms with van der Waals surface area (Å²) in [6.45, 7) is 4.69. The van der Waals surface area contributed by atoms with E-state index in [0.717, 1.165) is 6.42 Å². The van der Waals surface area contributed by atoms with Gasteiger partial charge >= 0.3 is 0 Å². The molecule has 0 radical (unpaired) electrons. The Morgan fingerprint density at radius 3 is 2.76 bits per heavy atom. The maximum Gasteiger partial charge on any atom is 0.264 e. The summed E-state index contributed by atoms with van der Waals surface area (Å²) >= 11 is 0. The van der Waals surface area contributed by atoms with Gasteiger partial charge in [-0.3, -0.25) is 0 Å². The first kappa shape index (κ1) is 15.3. The van der Waals surface area contributed by atoms with Crippen molar-refractivity contribution in [2.45, 2.75) is 39.9 Å².